The van der Waals surface area contributed by atoms with E-state index in [-0.39, 0.29) is 18.5 Å². The number of hydrogen-bond donors (Lipinski definition) is 2. The molecule has 0 heterocycles. The molecule has 0 bridgehead atoms. The highest BCUT2D eigenvalue weighted by molar-refractivity contribution is 5.89. The van der Waals surface area contributed by atoms with Gasteiger partial charge in [0.1, 0.15) is 0 Å². The predicted molar refractivity (Wildman–Crippen MR) is 78.9 cm³/mol. The van der Waals surface area contributed by atoms with Crippen LogP contribution >= 0.6 is 0 Å². The number of carboxylic acid groups (broad SMARTS) is 1. The number of amides is 2. The number of carboxylic acids is 1. The van der Waals surface area contributed by atoms with Crippen LogP contribution in [0.3, 0.4) is 0 Å². The average Bonchev–Trinajstić information content (AvgIpc) is 2.36. The topological polar surface area (TPSA) is 69.6 Å². The molecule has 1 aromatic rings. The first-order chi connectivity index (χ1) is 9.40. The lowest BCUT2D eigenvalue weighted by molar-refractivity contribution is -0.137. The summed E-state index contributed by atoms with van der Waals surface area (Å²) in [6.07, 6.45) is 0.524. The Morgan fingerprint density at radius 2 is 1.85 bits per heavy atom. The molecule has 0 saturated heterocycles. The highest BCUT2D eigenvalue weighted by Gasteiger charge is 2.17. The zero-order chi connectivity index (χ0) is 15.1. The third-order valence-corrected chi connectivity index (χ3v) is 2.98. The van der Waals surface area contributed by atoms with E-state index in [1.807, 2.05) is 45.0 Å². The van der Waals surface area contributed by atoms with Crippen molar-refractivity contribution in [2.45, 2.75) is 39.7 Å². The zero-order valence-electron chi connectivity index (χ0n) is 12.2. The van der Waals surface area contributed by atoms with Gasteiger partial charge < -0.3 is 15.3 Å². The summed E-state index contributed by atoms with van der Waals surface area (Å²) in [5.41, 5.74) is 1.87. The second-order valence-corrected chi connectivity index (χ2v) is 5.08. The van der Waals surface area contributed by atoms with Crippen LogP contribution in [0.5, 0.6) is 0 Å². The fourth-order valence-electron chi connectivity index (χ4n) is 1.83. The number of nitrogens with zero attached hydrogens (tertiary/aromatic N) is 1. The number of nitrogens with one attached hydrogen (secondary N) is 1. The summed E-state index contributed by atoms with van der Waals surface area (Å²) in [4.78, 5) is 24.3. The molecular weight excluding hydrogens is 256 g/mol. The van der Waals surface area contributed by atoms with Gasteiger partial charge in [-0.1, -0.05) is 17.7 Å². The predicted octanol–water partition coefficient (Wildman–Crippen LogP) is 3.10. The number of aryl methyl sites for hydroxylation is 1. The molecule has 5 heteroatoms. The standard InChI is InChI=1S/C15H22N2O3/c1-11(2)17(10-4-5-14(18)19)15(20)16-13-8-6-12(3)7-9-13/h6-9,11H,4-5,10H2,1-3H3,(H,16,20)(H,18,19). The van der Waals surface area contributed by atoms with Gasteiger partial charge in [-0.2, -0.15) is 0 Å². The van der Waals surface area contributed by atoms with E-state index in [0.717, 1.165) is 11.3 Å². The number of carbonyl (C=O) groups excluding carboxylic acids is 1. The maximum absolute atomic E-state index is 12.2. The molecule has 0 unspecified atom stereocenters. The van der Waals surface area contributed by atoms with Crippen LogP contribution in [0.4, 0.5) is 10.5 Å². The van der Waals surface area contributed by atoms with Crippen molar-refractivity contribution in [3.8, 4) is 0 Å². The molecule has 0 aliphatic carbocycles. The van der Waals surface area contributed by atoms with Crippen molar-refractivity contribution in [3.05, 3.63) is 29.8 Å². The first-order valence-electron chi connectivity index (χ1n) is 6.76. The van der Waals surface area contributed by atoms with Crippen LogP contribution < -0.4 is 5.32 Å². The van der Waals surface area contributed by atoms with E-state index in [1.165, 1.54) is 0 Å². The highest BCUT2D eigenvalue weighted by atomic mass is 16.4. The Morgan fingerprint density at radius 1 is 1.25 bits per heavy atom. The maximum atomic E-state index is 12.2. The summed E-state index contributed by atoms with van der Waals surface area (Å²) in [7, 11) is 0. The van der Waals surface area contributed by atoms with E-state index in [0.29, 0.717) is 13.0 Å². The van der Waals surface area contributed by atoms with Crippen LogP contribution in [0.25, 0.3) is 0 Å². The minimum atomic E-state index is -0.840. The Hall–Kier alpha value is -2.04. The average molecular weight is 278 g/mol. The van der Waals surface area contributed by atoms with Gasteiger partial charge >= 0.3 is 12.0 Å². The lowest BCUT2D eigenvalue weighted by Gasteiger charge is -2.26. The minimum absolute atomic E-state index is 0.0224. The van der Waals surface area contributed by atoms with Crippen molar-refractivity contribution in [1.82, 2.24) is 4.90 Å². The second kappa shape index (κ2) is 7.53. The molecule has 1 rings (SSSR count). The number of aliphatic carboxylic acids is 1. The summed E-state index contributed by atoms with van der Waals surface area (Å²) in [6, 6.07) is 7.38. The molecule has 110 valence electrons. The van der Waals surface area contributed by atoms with Crippen LogP contribution in [0.1, 0.15) is 32.3 Å². The lowest BCUT2D eigenvalue weighted by atomic mass is 10.2. The number of urea groups is 1. The smallest absolute Gasteiger partial charge is 0.322 e. The zero-order valence-corrected chi connectivity index (χ0v) is 12.2. The Morgan fingerprint density at radius 3 is 2.35 bits per heavy atom. The molecule has 5 nitrogen and oxygen atoms in total. The van der Waals surface area contributed by atoms with Crippen molar-refractivity contribution in [2.24, 2.45) is 0 Å². The van der Waals surface area contributed by atoms with Gasteiger partial charge in [0.15, 0.2) is 0 Å². The van der Waals surface area contributed by atoms with E-state index in [9.17, 15) is 9.59 Å². The number of benzene rings is 1. The van der Waals surface area contributed by atoms with E-state index >= 15 is 0 Å². The number of anilines is 1. The number of rotatable bonds is 6. The fraction of sp³-hybridized carbons (Fsp3) is 0.467. The molecule has 0 aliphatic rings. The largest absolute Gasteiger partial charge is 0.481 e. The lowest BCUT2D eigenvalue weighted by Crippen LogP contribution is -2.40. The molecule has 0 spiro atoms. The highest BCUT2D eigenvalue weighted by Crippen LogP contribution is 2.11. The number of hydrogen-bond acceptors (Lipinski definition) is 2. The SMILES string of the molecule is Cc1ccc(NC(=O)N(CCCC(=O)O)C(C)C)cc1. The Balaban J connectivity index is 2.59. The molecular formula is C15H22N2O3. The fourth-order valence-corrected chi connectivity index (χ4v) is 1.83. The normalized spacial score (nSPS) is 10.4. The van der Waals surface area contributed by atoms with Gasteiger partial charge in [0.2, 0.25) is 0 Å². The van der Waals surface area contributed by atoms with Gasteiger partial charge in [-0.3, -0.25) is 4.79 Å². The van der Waals surface area contributed by atoms with E-state index in [4.69, 9.17) is 5.11 Å². The van der Waals surface area contributed by atoms with Crippen LogP contribution in [0.2, 0.25) is 0 Å². The van der Waals surface area contributed by atoms with E-state index in [1.54, 1.807) is 4.90 Å². The van der Waals surface area contributed by atoms with Gasteiger partial charge in [0, 0.05) is 24.7 Å². The van der Waals surface area contributed by atoms with Gasteiger partial charge in [-0.25, -0.2) is 4.79 Å². The summed E-state index contributed by atoms with van der Waals surface area (Å²) >= 11 is 0. The Kier molecular flexibility index (Phi) is 6.03. The Bertz CT molecular complexity index is 455. The third kappa shape index (κ3) is 5.30. The molecule has 0 atom stereocenters. The van der Waals surface area contributed by atoms with Crippen molar-refractivity contribution < 1.29 is 14.7 Å². The summed E-state index contributed by atoms with van der Waals surface area (Å²) in [6.45, 7) is 6.24. The quantitative estimate of drug-likeness (QED) is 0.840. The molecule has 2 N–H and O–H groups in total. The monoisotopic (exact) mass is 278 g/mol. The Labute approximate surface area is 119 Å². The molecule has 0 fully saturated rings. The van der Waals surface area contributed by atoms with Gasteiger partial charge in [-0.15, -0.1) is 0 Å². The van der Waals surface area contributed by atoms with Crippen LogP contribution in [-0.4, -0.2) is 34.6 Å². The van der Waals surface area contributed by atoms with Gasteiger partial charge in [-0.05, 0) is 39.3 Å². The summed E-state index contributed by atoms with van der Waals surface area (Å²) < 4.78 is 0. The van der Waals surface area contributed by atoms with Crippen LogP contribution in [0, 0.1) is 6.92 Å². The maximum Gasteiger partial charge on any atom is 0.322 e. The number of carbonyl (C=O) groups is 2. The first kappa shape index (κ1) is 16.0. The van der Waals surface area contributed by atoms with Crippen molar-refractivity contribution >= 4 is 17.7 Å². The minimum Gasteiger partial charge on any atom is -0.481 e. The van der Waals surface area contributed by atoms with E-state index in [2.05, 4.69) is 5.32 Å². The molecule has 2 amide bonds. The van der Waals surface area contributed by atoms with Crippen molar-refractivity contribution in [1.29, 1.82) is 0 Å². The van der Waals surface area contributed by atoms with E-state index < -0.39 is 5.97 Å². The summed E-state index contributed by atoms with van der Waals surface area (Å²) in [5.74, 6) is -0.840. The van der Waals surface area contributed by atoms with Gasteiger partial charge in [0.25, 0.3) is 0 Å². The summed E-state index contributed by atoms with van der Waals surface area (Å²) in [5, 5.41) is 11.5. The first-order valence-corrected chi connectivity index (χ1v) is 6.76. The molecule has 0 aliphatic heterocycles. The van der Waals surface area contributed by atoms with Crippen molar-refractivity contribution in [3.63, 3.8) is 0 Å². The van der Waals surface area contributed by atoms with Crippen molar-refractivity contribution in [2.75, 3.05) is 11.9 Å². The van der Waals surface area contributed by atoms with Crippen LogP contribution in [-0.2, 0) is 4.79 Å². The third-order valence-electron chi connectivity index (χ3n) is 2.98. The van der Waals surface area contributed by atoms with Gasteiger partial charge in [0.05, 0.1) is 0 Å². The molecule has 0 radical (unpaired) electrons. The molecule has 20 heavy (non-hydrogen) atoms. The second-order valence-electron chi connectivity index (χ2n) is 5.08. The van der Waals surface area contributed by atoms with Crippen LogP contribution in [0.15, 0.2) is 24.3 Å². The molecule has 0 saturated carbocycles. The molecule has 0 aromatic heterocycles. The molecule has 1 aromatic carbocycles.